The van der Waals surface area contributed by atoms with Crippen LogP contribution in [0.2, 0.25) is 5.02 Å². The first-order valence-electron chi connectivity index (χ1n) is 9.15. The standard InChI is InChI=1S/C23H15ClF2N2O3/c1-31-19-10-7-14(24)11-18(19)28-22(29)20(13-5-3-2-4-6-13)21(23(28)30)27-15-8-9-16(25)17(26)12-15/h2-12,27H,1H3. The molecule has 0 bridgehead atoms. The number of rotatable bonds is 5. The fourth-order valence-electron chi connectivity index (χ4n) is 3.29. The largest absolute Gasteiger partial charge is 0.495 e. The van der Waals surface area contributed by atoms with Gasteiger partial charge in [-0.3, -0.25) is 9.59 Å². The number of nitrogens with zero attached hydrogens (tertiary/aromatic N) is 1. The second-order valence-corrected chi connectivity index (χ2v) is 7.07. The summed E-state index contributed by atoms with van der Waals surface area (Å²) in [6, 6.07) is 16.2. The van der Waals surface area contributed by atoms with Gasteiger partial charge in [0.05, 0.1) is 18.4 Å². The van der Waals surface area contributed by atoms with E-state index in [9.17, 15) is 18.4 Å². The quantitative estimate of drug-likeness (QED) is 0.566. The van der Waals surface area contributed by atoms with Crippen LogP contribution in [0.15, 0.2) is 72.4 Å². The van der Waals surface area contributed by atoms with E-state index in [0.717, 1.165) is 17.0 Å². The Kier molecular flexibility index (Phi) is 5.44. The van der Waals surface area contributed by atoms with Crippen molar-refractivity contribution in [1.29, 1.82) is 0 Å². The number of halogens is 3. The van der Waals surface area contributed by atoms with Crippen molar-refractivity contribution in [2.24, 2.45) is 0 Å². The molecule has 1 N–H and O–H groups in total. The predicted octanol–water partition coefficient (Wildman–Crippen LogP) is 5.02. The maximum atomic E-state index is 13.7. The smallest absolute Gasteiger partial charge is 0.282 e. The molecule has 0 saturated heterocycles. The van der Waals surface area contributed by atoms with Crippen LogP contribution in [0, 0.1) is 11.6 Å². The molecule has 8 heteroatoms. The number of amides is 2. The summed E-state index contributed by atoms with van der Waals surface area (Å²) in [5.41, 5.74) is 0.764. The lowest BCUT2D eigenvalue weighted by Gasteiger charge is -2.18. The van der Waals surface area contributed by atoms with Crippen molar-refractivity contribution < 1.29 is 23.1 Å². The Bertz CT molecular complexity index is 1230. The van der Waals surface area contributed by atoms with Crippen LogP contribution in [-0.4, -0.2) is 18.9 Å². The third-order valence-corrected chi connectivity index (χ3v) is 4.95. The van der Waals surface area contributed by atoms with Crippen molar-refractivity contribution in [3.63, 3.8) is 0 Å². The summed E-state index contributed by atoms with van der Waals surface area (Å²) < 4.78 is 32.3. The lowest BCUT2D eigenvalue weighted by Crippen LogP contribution is -2.32. The zero-order valence-electron chi connectivity index (χ0n) is 16.2. The molecule has 0 radical (unpaired) electrons. The van der Waals surface area contributed by atoms with Crippen LogP contribution >= 0.6 is 11.6 Å². The van der Waals surface area contributed by atoms with Gasteiger partial charge in [-0.05, 0) is 35.9 Å². The molecule has 0 aliphatic carbocycles. The van der Waals surface area contributed by atoms with Crippen molar-refractivity contribution in [2.45, 2.75) is 0 Å². The van der Waals surface area contributed by atoms with Crippen molar-refractivity contribution in [3.8, 4) is 5.75 Å². The van der Waals surface area contributed by atoms with E-state index in [1.165, 1.54) is 19.2 Å². The molecule has 1 aliphatic heterocycles. The van der Waals surface area contributed by atoms with Crippen molar-refractivity contribution in [3.05, 3.63) is 94.6 Å². The Morgan fingerprint density at radius 2 is 1.65 bits per heavy atom. The van der Waals surface area contributed by atoms with Gasteiger partial charge in [0.25, 0.3) is 11.8 Å². The van der Waals surface area contributed by atoms with E-state index in [0.29, 0.717) is 10.6 Å². The van der Waals surface area contributed by atoms with Gasteiger partial charge in [0.15, 0.2) is 11.6 Å². The number of hydrogen-bond donors (Lipinski definition) is 1. The number of methoxy groups -OCH3 is 1. The SMILES string of the molecule is COc1ccc(Cl)cc1N1C(=O)C(Nc2ccc(F)c(F)c2)=C(c2ccccc2)C1=O. The third-order valence-electron chi connectivity index (χ3n) is 4.72. The minimum Gasteiger partial charge on any atom is -0.495 e. The van der Waals surface area contributed by atoms with Gasteiger partial charge in [0.1, 0.15) is 11.4 Å². The summed E-state index contributed by atoms with van der Waals surface area (Å²) in [6.07, 6.45) is 0. The van der Waals surface area contributed by atoms with Gasteiger partial charge >= 0.3 is 0 Å². The highest BCUT2D eigenvalue weighted by atomic mass is 35.5. The molecule has 156 valence electrons. The fourth-order valence-corrected chi connectivity index (χ4v) is 3.46. The number of carbonyl (C=O) groups is 2. The Morgan fingerprint density at radius 1 is 0.903 bits per heavy atom. The number of ether oxygens (including phenoxy) is 1. The van der Waals surface area contributed by atoms with E-state index in [2.05, 4.69) is 5.32 Å². The van der Waals surface area contributed by atoms with Crippen LogP contribution < -0.4 is 15.0 Å². The van der Waals surface area contributed by atoms with Gasteiger partial charge in [-0.1, -0.05) is 41.9 Å². The number of hydrogen-bond acceptors (Lipinski definition) is 4. The number of imide groups is 1. The van der Waals surface area contributed by atoms with Gasteiger partial charge in [-0.15, -0.1) is 0 Å². The molecule has 4 rings (SSSR count). The Labute approximate surface area is 181 Å². The molecule has 5 nitrogen and oxygen atoms in total. The van der Waals surface area contributed by atoms with Gasteiger partial charge in [-0.2, -0.15) is 0 Å². The van der Waals surface area contributed by atoms with Crippen LogP contribution in [0.5, 0.6) is 5.75 Å². The van der Waals surface area contributed by atoms with Gasteiger partial charge in [-0.25, -0.2) is 13.7 Å². The summed E-state index contributed by atoms with van der Waals surface area (Å²) in [6.45, 7) is 0. The van der Waals surface area contributed by atoms with Crippen molar-refractivity contribution in [1.82, 2.24) is 0 Å². The van der Waals surface area contributed by atoms with E-state index >= 15 is 0 Å². The zero-order valence-corrected chi connectivity index (χ0v) is 16.9. The maximum absolute atomic E-state index is 13.7. The number of benzene rings is 3. The van der Waals surface area contributed by atoms with Gasteiger partial charge in [0.2, 0.25) is 0 Å². The van der Waals surface area contributed by atoms with Crippen LogP contribution in [0.1, 0.15) is 5.56 Å². The summed E-state index contributed by atoms with van der Waals surface area (Å²) in [5, 5.41) is 3.08. The first-order valence-corrected chi connectivity index (χ1v) is 9.52. The van der Waals surface area contributed by atoms with E-state index < -0.39 is 23.4 Å². The zero-order chi connectivity index (χ0) is 22.1. The average molecular weight is 441 g/mol. The summed E-state index contributed by atoms with van der Waals surface area (Å²) in [5.74, 6) is -3.14. The van der Waals surface area contributed by atoms with Crippen LogP contribution in [0.25, 0.3) is 5.57 Å². The Balaban J connectivity index is 1.85. The molecule has 0 spiro atoms. The average Bonchev–Trinajstić information content (AvgIpc) is 3.00. The van der Waals surface area contributed by atoms with Gasteiger partial charge in [0, 0.05) is 16.8 Å². The molecular formula is C23H15ClF2N2O3. The predicted molar refractivity (Wildman–Crippen MR) is 114 cm³/mol. The summed E-state index contributed by atoms with van der Waals surface area (Å²) >= 11 is 6.09. The monoisotopic (exact) mass is 440 g/mol. The van der Waals surface area contributed by atoms with Crippen LogP contribution in [-0.2, 0) is 9.59 Å². The maximum Gasteiger partial charge on any atom is 0.282 e. The highest BCUT2D eigenvalue weighted by Crippen LogP contribution is 2.39. The molecule has 0 saturated carbocycles. The molecule has 1 heterocycles. The molecule has 3 aromatic carbocycles. The molecule has 31 heavy (non-hydrogen) atoms. The Morgan fingerprint density at radius 3 is 2.32 bits per heavy atom. The number of anilines is 2. The molecule has 2 amide bonds. The highest BCUT2D eigenvalue weighted by molar-refractivity contribution is 6.46. The minimum absolute atomic E-state index is 0.0794. The van der Waals surface area contributed by atoms with Gasteiger partial charge < -0.3 is 10.1 Å². The minimum atomic E-state index is -1.09. The van der Waals surface area contributed by atoms with E-state index in [1.807, 2.05) is 0 Å². The molecule has 0 aromatic heterocycles. The molecular weight excluding hydrogens is 426 g/mol. The van der Waals surface area contributed by atoms with E-state index in [-0.39, 0.29) is 28.4 Å². The first-order chi connectivity index (χ1) is 14.9. The second-order valence-electron chi connectivity index (χ2n) is 6.63. The number of nitrogens with one attached hydrogen (secondary N) is 1. The molecule has 0 fully saturated rings. The molecule has 0 atom stereocenters. The lowest BCUT2D eigenvalue weighted by atomic mass is 10.0. The topological polar surface area (TPSA) is 58.6 Å². The van der Waals surface area contributed by atoms with Crippen LogP contribution in [0.4, 0.5) is 20.2 Å². The first kappa shape index (κ1) is 20.6. The molecule has 3 aromatic rings. The summed E-state index contributed by atoms with van der Waals surface area (Å²) in [4.78, 5) is 27.7. The lowest BCUT2D eigenvalue weighted by molar-refractivity contribution is -0.120. The van der Waals surface area contributed by atoms with E-state index in [4.69, 9.17) is 16.3 Å². The fraction of sp³-hybridized carbons (Fsp3) is 0.0435. The second kappa shape index (κ2) is 8.20. The van der Waals surface area contributed by atoms with Crippen molar-refractivity contribution >= 4 is 40.4 Å². The van der Waals surface area contributed by atoms with Crippen molar-refractivity contribution in [2.75, 3.05) is 17.3 Å². The molecule has 0 unspecified atom stereocenters. The van der Waals surface area contributed by atoms with E-state index in [1.54, 1.807) is 42.5 Å². The summed E-state index contributed by atoms with van der Waals surface area (Å²) in [7, 11) is 1.41. The Hall–Kier alpha value is -3.71. The highest BCUT2D eigenvalue weighted by Gasteiger charge is 2.41. The molecule has 1 aliphatic rings. The van der Waals surface area contributed by atoms with Crippen LogP contribution in [0.3, 0.4) is 0 Å². The normalized spacial score (nSPS) is 13.7. The number of carbonyl (C=O) groups excluding carboxylic acids is 2. The third kappa shape index (κ3) is 3.75.